The summed E-state index contributed by atoms with van der Waals surface area (Å²) >= 11 is 4.31. The number of ether oxygens (including phenoxy) is 1. The van der Waals surface area contributed by atoms with Crippen LogP contribution >= 0.6 is 22.9 Å². The fraction of sp³-hybridized carbons (Fsp3) is 0.227. The van der Waals surface area contributed by atoms with Crippen LogP contribution in [0.3, 0.4) is 0 Å². The van der Waals surface area contributed by atoms with Gasteiger partial charge in [0.1, 0.15) is 17.4 Å². The molecule has 7 nitrogen and oxygen atoms in total. The van der Waals surface area contributed by atoms with Gasteiger partial charge in [-0.3, -0.25) is 8.51 Å². The van der Waals surface area contributed by atoms with Gasteiger partial charge in [0.25, 0.3) is 0 Å². The summed E-state index contributed by atoms with van der Waals surface area (Å²) in [6.07, 6.45) is 0.101. The van der Waals surface area contributed by atoms with E-state index >= 15 is 0 Å². The highest BCUT2D eigenvalue weighted by atomic mass is 35.5. The Labute approximate surface area is 196 Å². The molecule has 1 aliphatic carbocycles. The van der Waals surface area contributed by atoms with Gasteiger partial charge in [-0.25, -0.2) is 4.79 Å². The molecule has 32 heavy (non-hydrogen) atoms. The zero-order valence-corrected chi connectivity index (χ0v) is 19.0. The van der Waals surface area contributed by atoms with Crippen molar-refractivity contribution in [3.05, 3.63) is 71.2 Å². The van der Waals surface area contributed by atoms with Crippen LogP contribution < -0.4 is 9.04 Å². The second-order valence-corrected chi connectivity index (χ2v) is 9.55. The average Bonchev–Trinajstić information content (AvgIpc) is 3.33. The van der Waals surface area contributed by atoms with Crippen LogP contribution in [0.5, 0.6) is 5.75 Å². The highest BCUT2D eigenvalue weighted by Gasteiger charge is 2.67. The van der Waals surface area contributed by atoms with Gasteiger partial charge in [-0.15, -0.1) is 11.3 Å². The van der Waals surface area contributed by atoms with Crippen LogP contribution in [0.1, 0.15) is 17.9 Å². The number of aliphatic hydroxyl groups excluding tert-OH is 1. The Hall–Kier alpha value is -2.43. The van der Waals surface area contributed by atoms with Crippen molar-refractivity contribution in [2.24, 2.45) is 0 Å². The molecule has 0 saturated heterocycles. The summed E-state index contributed by atoms with van der Waals surface area (Å²) in [5, 5.41) is 20.1. The first-order chi connectivity index (χ1) is 15.4. The number of thiophene rings is 1. The zero-order chi connectivity index (χ0) is 22.9. The number of hydrogen-bond acceptors (Lipinski definition) is 6. The van der Waals surface area contributed by atoms with Crippen molar-refractivity contribution in [2.75, 3.05) is 17.5 Å². The molecule has 1 saturated carbocycles. The van der Waals surface area contributed by atoms with Gasteiger partial charge in [-0.2, -0.15) is 0 Å². The number of anilines is 1. The van der Waals surface area contributed by atoms with Gasteiger partial charge in [0.15, 0.2) is 5.54 Å². The van der Waals surface area contributed by atoms with E-state index < -0.39 is 28.7 Å². The normalized spacial score (nSPS) is 20.5. The molecule has 1 aliphatic rings. The summed E-state index contributed by atoms with van der Waals surface area (Å²) in [6, 6.07) is 17.4. The summed E-state index contributed by atoms with van der Waals surface area (Å²) < 4.78 is 31.1. The van der Waals surface area contributed by atoms with Crippen LogP contribution in [-0.2, 0) is 16.1 Å². The summed E-state index contributed by atoms with van der Waals surface area (Å²) in [5.41, 5.74) is -0.219. The van der Waals surface area contributed by atoms with E-state index in [2.05, 4.69) is 0 Å². The molecule has 0 bridgehead atoms. The third kappa shape index (κ3) is 4.14. The van der Waals surface area contributed by atoms with Crippen LogP contribution in [0.15, 0.2) is 60.7 Å². The highest BCUT2D eigenvalue weighted by Crippen LogP contribution is 2.59. The van der Waals surface area contributed by atoms with E-state index in [1.165, 1.54) is 11.3 Å². The van der Waals surface area contributed by atoms with E-state index in [9.17, 15) is 18.7 Å². The summed E-state index contributed by atoms with van der Waals surface area (Å²) in [6.45, 7) is -0.140. The van der Waals surface area contributed by atoms with Crippen LogP contribution in [-0.4, -0.2) is 43.7 Å². The van der Waals surface area contributed by atoms with Crippen LogP contribution in [0, 0.1) is 0 Å². The molecule has 0 spiro atoms. The minimum Gasteiger partial charge on any atom is -0.755 e. The van der Waals surface area contributed by atoms with Crippen molar-refractivity contribution >= 4 is 45.2 Å². The number of carboxylic acid groups (broad SMARTS) is 1. The van der Waals surface area contributed by atoms with Gasteiger partial charge >= 0.3 is 5.97 Å². The lowest BCUT2D eigenvalue weighted by molar-refractivity contribution is -0.139. The van der Waals surface area contributed by atoms with Gasteiger partial charge in [0, 0.05) is 32.6 Å². The molecule has 0 radical (unpaired) electrons. The molecule has 4 rings (SSSR count). The number of benzene rings is 2. The molecule has 1 heterocycles. The van der Waals surface area contributed by atoms with Gasteiger partial charge in [-0.05, 0) is 42.3 Å². The molecule has 10 heteroatoms. The Balaban J connectivity index is 1.71. The smallest absolute Gasteiger partial charge is 0.331 e. The van der Waals surface area contributed by atoms with Gasteiger partial charge in [0.2, 0.25) is 0 Å². The Bertz CT molecular complexity index is 1150. The average molecular weight is 493 g/mol. The Morgan fingerprint density at radius 1 is 1.22 bits per heavy atom. The number of carboxylic acids is 1. The van der Waals surface area contributed by atoms with Crippen LogP contribution in [0.4, 0.5) is 5.00 Å². The number of halogens is 1. The van der Waals surface area contributed by atoms with Gasteiger partial charge in [0.05, 0.1) is 6.61 Å². The number of aliphatic hydroxyl groups is 1. The fourth-order valence-corrected chi connectivity index (χ4v) is 6.00. The molecule has 3 unspecified atom stereocenters. The van der Waals surface area contributed by atoms with Gasteiger partial charge in [-0.1, -0.05) is 41.9 Å². The van der Waals surface area contributed by atoms with Crippen molar-refractivity contribution in [1.82, 2.24) is 0 Å². The molecule has 2 aromatic carbocycles. The van der Waals surface area contributed by atoms with Crippen LogP contribution in [0.25, 0.3) is 10.4 Å². The monoisotopic (exact) mass is 492 g/mol. The minimum absolute atomic E-state index is 0.0520. The maximum atomic E-state index is 12.4. The first-order valence-corrected chi connectivity index (χ1v) is 11.9. The van der Waals surface area contributed by atoms with E-state index in [0.717, 1.165) is 14.7 Å². The highest BCUT2D eigenvalue weighted by molar-refractivity contribution is 7.81. The van der Waals surface area contributed by atoms with Crippen molar-refractivity contribution in [3.63, 3.8) is 0 Å². The molecule has 1 aromatic heterocycles. The number of rotatable bonds is 9. The third-order valence-electron chi connectivity index (χ3n) is 5.38. The standard InChI is InChI=1S/C22H20ClNO6S2/c23-15-7-5-14(6-8-15)19-9-10-20(31-19)24(32(28)29)22(21(26)27)13-17(22)16-3-1-2-4-18(16)30-12-11-25/h1-10,17,25H,11-13H2,(H,26,27)(H,28,29)/p-1. The Morgan fingerprint density at radius 3 is 2.59 bits per heavy atom. The maximum Gasteiger partial charge on any atom is 0.331 e. The number of para-hydroxylation sites is 1. The second kappa shape index (κ2) is 9.21. The van der Waals surface area contributed by atoms with E-state index in [1.54, 1.807) is 48.5 Å². The first-order valence-electron chi connectivity index (χ1n) is 9.70. The number of aliphatic carboxylic acids is 1. The SMILES string of the molecule is O=C(O)C1(N(c2ccc(-c3ccc(Cl)cc3)s2)S(=O)[O-])CC1c1ccccc1OCCO. The lowest BCUT2D eigenvalue weighted by atomic mass is 10.0. The Morgan fingerprint density at radius 2 is 1.94 bits per heavy atom. The summed E-state index contributed by atoms with van der Waals surface area (Å²) in [4.78, 5) is 13.2. The molecule has 1 fully saturated rings. The topological polar surface area (TPSA) is 110 Å². The second-order valence-electron chi connectivity index (χ2n) is 7.25. The van der Waals surface area contributed by atoms with Crippen LogP contribution in [0.2, 0.25) is 5.02 Å². The van der Waals surface area contributed by atoms with E-state index in [-0.39, 0.29) is 19.6 Å². The molecule has 3 atom stereocenters. The number of nitrogens with zero attached hydrogens (tertiary/aromatic N) is 1. The van der Waals surface area contributed by atoms with E-state index in [0.29, 0.717) is 21.3 Å². The quantitative estimate of drug-likeness (QED) is 0.436. The predicted octanol–water partition coefficient (Wildman–Crippen LogP) is 4.05. The summed E-state index contributed by atoms with van der Waals surface area (Å²) in [5.74, 6) is -1.40. The zero-order valence-electron chi connectivity index (χ0n) is 16.6. The first kappa shape index (κ1) is 22.8. The molecular weight excluding hydrogens is 474 g/mol. The van der Waals surface area contributed by atoms with Crippen molar-refractivity contribution in [3.8, 4) is 16.2 Å². The molecule has 3 aromatic rings. The van der Waals surface area contributed by atoms with Crippen molar-refractivity contribution in [1.29, 1.82) is 0 Å². The summed E-state index contributed by atoms with van der Waals surface area (Å²) in [7, 11) is 0. The van der Waals surface area contributed by atoms with E-state index in [4.69, 9.17) is 21.4 Å². The molecular formula is C22H19ClNO6S2-. The minimum atomic E-state index is -2.82. The van der Waals surface area contributed by atoms with Crippen molar-refractivity contribution < 1.29 is 28.5 Å². The molecule has 2 N–H and O–H groups in total. The van der Waals surface area contributed by atoms with Gasteiger partial charge < -0.3 is 19.5 Å². The van der Waals surface area contributed by atoms with E-state index in [1.807, 2.05) is 12.1 Å². The Kier molecular flexibility index (Phi) is 6.55. The predicted molar refractivity (Wildman–Crippen MR) is 123 cm³/mol. The largest absolute Gasteiger partial charge is 0.755 e. The molecule has 0 aliphatic heterocycles. The number of hydrogen-bond donors (Lipinski definition) is 2. The number of carbonyl (C=O) groups is 1. The van der Waals surface area contributed by atoms with Crippen molar-refractivity contribution in [2.45, 2.75) is 17.9 Å². The third-order valence-corrected chi connectivity index (χ3v) is 7.69. The maximum absolute atomic E-state index is 12.4. The lowest BCUT2D eigenvalue weighted by Gasteiger charge is -2.32. The molecule has 0 amide bonds. The molecule has 168 valence electrons. The lowest BCUT2D eigenvalue weighted by Crippen LogP contribution is -2.46. The fourth-order valence-electron chi connectivity index (χ4n) is 3.83.